The van der Waals surface area contributed by atoms with Gasteiger partial charge in [0.2, 0.25) is 0 Å². The Labute approximate surface area is 104 Å². The quantitative estimate of drug-likeness (QED) is 0.749. The summed E-state index contributed by atoms with van der Waals surface area (Å²) in [6.45, 7) is 0.0487. The van der Waals surface area contributed by atoms with Gasteiger partial charge in [-0.05, 0) is 18.2 Å². The minimum Gasteiger partial charge on any atom is -0.480 e. The molecule has 2 rings (SSSR count). The minimum atomic E-state index is -0.633. The van der Waals surface area contributed by atoms with Crippen LogP contribution in [0.1, 0.15) is 0 Å². The van der Waals surface area contributed by atoms with Crippen molar-refractivity contribution in [2.45, 2.75) is 0 Å². The zero-order chi connectivity index (χ0) is 13.0. The van der Waals surface area contributed by atoms with E-state index in [0.29, 0.717) is 11.3 Å². The largest absolute Gasteiger partial charge is 0.480 e. The van der Waals surface area contributed by atoms with Crippen LogP contribution in [-0.2, 0) is 0 Å². The molecule has 18 heavy (non-hydrogen) atoms. The molecule has 0 aliphatic heterocycles. The van der Waals surface area contributed by atoms with Crippen molar-refractivity contribution < 1.29 is 13.5 Å². The number of terminal acetylenes is 1. The number of ether oxygens (including phenoxy) is 1. The Kier molecular flexibility index (Phi) is 3.59. The molecule has 0 saturated heterocycles. The topological polar surface area (TPSA) is 9.23 Å². The van der Waals surface area contributed by atoms with Crippen LogP contribution in [0.15, 0.2) is 42.5 Å². The predicted octanol–water partition coefficient (Wildman–Crippen LogP) is 3.64. The van der Waals surface area contributed by atoms with Crippen molar-refractivity contribution in [2.24, 2.45) is 0 Å². The fraction of sp³-hybridized carbons (Fsp3) is 0.0667. The first kappa shape index (κ1) is 12.1. The SMILES string of the molecule is C#CCOc1ccccc1-c1c(F)cccc1F. The molecule has 0 aromatic heterocycles. The van der Waals surface area contributed by atoms with E-state index in [4.69, 9.17) is 11.2 Å². The van der Waals surface area contributed by atoms with Gasteiger partial charge in [0.15, 0.2) is 0 Å². The highest BCUT2D eigenvalue weighted by Crippen LogP contribution is 2.33. The summed E-state index contributed by atoms with van der Waals surface area (Å²) in [7, 11) is 0. The Balaban J connectivity index is 2.54. The van der Waals surface area contributed by atoms with E-state index < -0.39 is 11.6 Å². The van der Waals surface area contributed by atoms with Gasteiger partial charge in [-0.2, -0.15) is 0 Å². The van der Waals surface area contributed by atoms with Crippen molar-refractivity contribution in [1.82, 2.24) is 0 Å². The molecule has 0 spiro atoms. The van der Waals surface area contributed by atoms with Crippen molar-refractivity contribution in [3.8, 4) is 29.2 Å². The number of halogens is 2. The van der Waals surface area contributed by atoms with Crippen molar-refractivity contribution >= 4 is 0 Å². The van der Waals surface area contributed by atoms with Gasteiger partial charge in [-0.1, -0.05) is 30.2 Å². The molecule has 0 aliphatic rings. The highest BCUT2D eigenvalue weighted by molar-refractivity contribution is 5.71. The summed E-state index contributed by atoms with van der Waals surface area (Å²) < 4.78 is 32.7. The average Bonchev–Trinajstić information content (AvgIpc) is 2.37. The molecule has 0 saturated carbocycles. The standard InChI is InChI=1S/C15H10F2O/c1-2-10-18-14-9-4-3-6-11(14)15-12(16)7-5-8-13(15)17/h1,3-9H,10H2. The fourth-order valence-corrected chi connectivity index (χ4v) is 1.67. The average molecular weight is 244 g/mol. The third-order valence-corrected chi connectivity index (χ3v) is 2.43. The van der Waals surface area contributed by atoms with Gasteiger partial charge in [0.05, 0.1) is 5.56 Å². The van der Waals surface area contributed by atoms with Gasteiger partial charge in [-0.3, -0.25) is 0 Å². The predicted molar refractivity (Wildman–Crippen MR) is 66.1 cm³/mol. The van der Waals surface area contributed by atoms with E-state index in [0.717, 1.165) is 0 Å². The molecule has 0 unspecified atom stereocenters. The first-order valence-electron chi connectivity index (χ1n) is 5.33. The van der Waals surface area contributed by atoms with Crippen LogP contribution in [0.25, 0.3) is 11.1 Å². The number of hydrogen-bond acceptors (Lipinski definition) is 1. The normalized spacial score (nSPS) is 9.83. The van der Waals surface area contributed by atoms with Gasteiger partial charge >= 0.3 is 0 Å². The Morgan fingerprint density at radius 1 is 1.00 bits per heavy atom. The molecule has 2 aromatic carbocycles. The van der Waals surface area contributed by atoms with Crippen LogP contribution in [0, 0.1) is 24.0 Å². The lowest BCUT2D eigenvalue weighted by Gasteiger charge is -2.11. The molecule has 0 radical (unpaired) electrons. The molecular formula is C15H10F2O. The van der Waals surface area contributed by atoms with Crippen molar-refractivity contribution in [2.75, 3.05) is 6.61 Å². The lowest BCUT2D eigenvalue weighted by atomic mass is 10.0. The number of benzene rings is 2. The number of para-hydroxylation sites is 1. The van der Waals surface area contributed by atoms with E-state index in [-0.39, 0.29) is 12.2 Å². The van der Waals surface area contributed by atoms with Crippen LogP contribution in [0.4, 0.5) is 8.78 Å². The number of rotatable bonds is 3. The smallest absolute Gasteiger partial charge is 0.148 e. The van der Waals surface area contributed by atoms with Crippen LogP contribution in [0.5, 0.6) is 5.75 Å². The van der Waals surface area contributed by atoms with Crippen LogP contribution in [0.2, 0.25) is 0 Å². The third kappa shape index (κ3) is 2.33. The second-order valence-corrected chi connectivity index (χ2v) is 3.59. The third-order valence-electron chi connectivity index (χ3n) is 2.43. The first-order chi connectivity index (χ1) is 8.74. The summed E-state index contributed by atoms with van der Waals surface area (Å²) in [6, 6.07) is 10.3. The fourth-order valence-electron chi connectivity index (χ4n) is 1.67. The summed E-state index contributed by atoms with van der Waals surface area (Å²) in [5.41, 5.74) is 0.244. The van der Waals surface area contributed by atoms with E-state index in [1.807, 2.05) is 0 Å². The zero-order valence-electron chi connectivity index (χ0n) is 9.49. The molecule has 2 aromatic rings. The van der Waals surface area contributed by atoms with Crippen molar-refractivity contribution in [3.05, 3.63) is 54.1 Å². The molecule has 0 bridgehead atoms. The highest BCUT2D eigenvalue weighted by Gasteiger charge is 2.14. The monoisotopic (exact) mass is 244 g/mol. The van der Waals surface area contributed by atoms with Crippen molar-refractivity contribution in [1.29, 1.82) is 0 Å². The summed E-state index contributed by atoms with van der Waals surface area (Å²) in [5.74, 6) is 1.41. The molecule has 0 fully saturated rings. The Bertz CT molecular complexity index is 579. The summed E-state index contributed by atoms with van der Waals surface area (Å²) in [4.78, 5) is 0. The molecule has 3 heteroatoms. The maximum absolute atomic E-state index is 13.7. The van der Waals surface area contributed by atoms with E-state index >= 15 is 0 Å². The van der Waals surface area contributed by atoms with Crippen LogP contribution in [0.3, 0.4) is 0 Å². The lowest BCUT2D eigenvalue weighted by molar-refractivity contribution is 0.371. The molecule has 0 amide bonds. The summed E-state index contributed by atoms with van der Waals surface area (Å²) in [6.07, 6.45) is 5.10. The maximum atomic E-state index is 13.7. The summed E-state index contributed by atoms with van der Waals surface area (Å²) >= 11 is 0. The molecule has 1 nitrogen and oxygen atoms in total. The molecule has 0 N–H and O–H groups in total. The Hall–Kier alpha value is -2.34. The van der Waals surface area contributed by atoms with Gasteiger partial charge in [0.25, 0.3) is 0 Å². The highest BCUT2D eigenvalue weighted by atomic mass is 19.1. The van der Waals surface area contributed by atoms with Crippen LogP contribution >= 0.6 is 0 Å². The zero-order valence-corrected chi connectivity index (χ0v) is 9.49. The maximum Gasteiger partial charge on any atom is 0.148 e. The Morgan fingerprint density at radius 2 is 1.67 bits per heavy atom. The second kappa shape index (κ2) is 5.33. The Morgan fingerprint density at radius 3 is 2.33 bits per heavy atom. The van der Waals surface area contributed by atoms with Gasteiger partial charge in [-0.25, -0.2) is 8.78 Å². The van der Waals surface area contributed by atoms with Gasteiger partial charge < -0.3 is 4.74 Å². The molecule has 0 heterocycles. The van der Waals surface area contributed by atoms with Gasteiger partial charge in [0, 0.05) is 5.56 Å². The van der Waals surface area contributed by atoms with Crippen LogP contribution < -0.4 is 4.74 Å². The first-order valence-corrected chi connectivity index (χ1v) is 5.33. The van der Waals surface area contributed by atoms with E-state index in [1.165, 1.54) is 18.2 Å². The molecule has 0 aliphatic carbocycles. The van der Waals surface area contributed by atoms with Crippen LogP contribution in [-0.4, -0.2) is 6.61 Å². The van der Waals surface area contributed by atoms with Gasteiger partial charge in [0.1, 0.15) is 24.0 Å². The minimum absolute atomic E-state index is 0.0487. The van der Waals surface area contributed by atoms with E-state index in [1.54, 1.807) is 24.3 Å². The van der Waals surface area contributed by atoms with E-state index in [2.05, 4.69) is 5.92 Å². The molecule has 0 atom stereocenters. The van der Waals surface area contributed by atoms with Gasteiger partial charge in [-0.15, -0.1) is 6.42 Å². The second-order valence-electron chi connectivity index (χ2n) is 3.59. The summed E-state index contributed by atoms with van der Waals surface area (Å²) in [5, 5.41) is 0. The van der Waals surface area contributed by atoms with E-state index in [9.17, 15) is 8.78 Å². The number of hydrogen-bond donors (Lipinski definition) is 0. The van der Waals surface area contributed by atoms with Crippen molar-refractivity contribution in [3.63, 3.8) is 0 Å². The molecular weight excluding hydrogens is 234 g/mol. The lowest BCUT2D eigenvalue weighted by Crippen LogP contribution is -1.97. The molecule has 90 valence electrons.